The van der Waals surface area contributed by atoms with Crippen molar-refractivity contribution in [3.8, 4) is 0 Å². The summed E-state index contributed by atoms with van der Waals surface area (Å²) in [7, 11) is 1.92. The van der Waals surface area contributed by atoms with Crippen molar-refractivity contribution in [2.75, 3.05) is 25.1 Å². The topological polar surface area (TPSA) is 65.1 Å². The lowest BCUT2D eigenvalue weighted by molar-refractivity contribution is 0.180. The predicted molar refractivity (Wildman–Crippen MR) is 58.8 cm³/mol. The average molecular weight is 210 g/mol. The minimum Gasteiger partial charge on any atom is -0.379 e. The highest BCUT2D eigenvalue weighted by Gasteiger charge is 2.30. The number of nitrogens with zero attached hydrogens (tertiary/aromatic N) is 2. The van der Waals surface area contributed by atoms with Crippen molar-refractivity contribution in [2.45, 2.75) is 18.9 Å². The number of ether oxygens (including phenoxy) is 1. The molecule has 0 aliphatic carbocycles. The van der Waals surface area contributed by atoms with E-state index in [1.807, 2.05) is 24.7 Å². The standard InChI is InChI=1S/C10H18N4O/c1-8-5-9(14(2)13-8)12-6-10(11)3-4-15-7-10/h5,12H,3-4,6-7,11H2,1-2H3. The summed E-state index contributed by atoms with van der Waals surface area (Å²) in [6, 6.07) is 2.01. The van der Waals surface area contributed by atoms with Crippen LogP contribution in [0.4, 0.5) is 5.82 Å². The molecule has 0 amide bonds. The first-order valence-corrected chi connectivity index (χ1v) is 5.20. The minimum absolute atomic E-state index is 0.224. The molecule has 1 fully saturated rings. The molecule has 1 aromatic rings. The molecular weight excluding hydrogens is 192 g/mol. The minimum atomic E-state index is -0.224. The molecule has 2 rings (SSSR count). The second kappa shape index (κ2) is 3.83. The molecule has 0 radical (unpaired) electrons. The van der Waals surface area contributed by atoms with Crippen LogP contribution in [-0.4, -0.2) is 35.1 Å². The van der Waals surface area contributed by atoms with E-state index in [1.54, 1.807) is 0 Å². The summed E-state index contributed by atoms with van der Waals surface area (Å²) in [4.78, 5) is 0. The zero-order valence-corrected chi connectivity index (χ0v) is 9.29. The van der Waals surface area contributed by atoms with E-state index in [4.69, 9.17) is 10.5 Å². The van der Waals surface area contributed by atoms with Gasteiger partial charge in [-0.1, -0.05) is 0 Å². The summed E-state index contributed by atoms with van der Waals surface area (Å²) in [5, 5.41) is 7.57. The first kappa shape index (κ1) is 10.4. The Balaban J connectivity index is 1.95. The van der Waals surface area contributed by atoms with Crippen LogP contribution in [0, 0.1) is 6.92 Å². The maximum Gasteiger partial charge on any atom is 0.124 e. The van der Waals surface area contributed by atoms with Crippen LogP contribution in [0.1, 0.15) is 12.1 Å². The quantitative estimate of drug-likeness (QED) is 0.751. The van der Waals surface area contributed by atoms with Gasteiger partial charge in [-0.25, -0.2) is 0 Å². The van der Waals surface area contributed by atoms with E-state index >= 15 is 0 Å². The Morgan fingerprint density at radius 1 is 1.73 bits per heavy atom. The number of anilines is 1. The highest BCUT2D eigenvalue weighted by Crippen LogP contribution is 2.17. The largest absolute Gasteiger partial charge is 0.379 e. The van der Waals surface area contributed by atoms with Gasteiger partial charge >= 0.3 is 0 Å². The molecule has 1 atom stereocenters. The van der Waals surface area contributed by atoms with Gasteiger partial charge in [0.2, 0.25) is 0 Å². The number of rotatable bonds is 3. The fourth-order valence-corrected chi connectivity index (χ4v) is 1.81. The lowest BCUT2D eigenvalue weighted by Gasteiger charge is -2.22. The van der Waals surface area contributed by atoms with Crippen molar-refractivity contribution in [1.82, 2.24) is 9.78 Å². The van der Waals surface area contributed by atoms with E-state index in [1.165, 1.54) is 0 Å². The fraction of sp³-hybridized carbons (Fsp3) is 0.700. The van der Waals surface area contributed by atoms with Gasteiger partial charge in [-0.2, -0.15) is 5.10 Å². The van der Waals surface area contributed by atoms with Gasteiger partial charge < -0.3 is 15.8 Å². The van der Waals surface area contributed by atoms with Crippen LogP contribution in [-0.2, 0) is 11.8 Å². The van der Waals surface area contributed by atoms with Gasteiger partial charge in [0.25, 0.3) is 0 Å². The van der Waals surface area contributed by atoms with Crippen molar-refractivity contribution in [1.29, 1.82) is 0 Å². The molecule has 15 heavy (non-hydrogen) atoms. The number of aromatic nitrogens is 2. The number of aryl methyl sites for hydroxylation is 2. The summed E-state index contributed by atoms with van der Waals surface area (Å²) in [6.45, 7) is 4.10. The molecule has 0 aromatic carbocycles. The molecular formula is C10H18N4O. The van der Waals surface area contributed by atoms with Crippen molar-refractivity contribution >= 4 is 5.82 Å². The summed E-state index contributed by atoms with van der Waals surface area (Å²) < 4.78 is 7.12. The van der Waals surface area contributed by atoms with Gasteiger partial charge in [-0.15, -0.1) is 0 Å². The molecule has 1 unspecified atom stereocenters. The van der Waals surface area contributed by atoms with Crippen molar-refractivity contribution in [3.63, 3.8) is 0 Å². The third-order valence-corrected chi connectivity index (χ3v) is 2.76. The van der Waals surface area contributed by atoms with Crippen LogP contribution in [0.3, 0.4) is 0 Å². The summed E-state index contributed by atoms with van der Waals surface area (Å²) >= 11 is 0. The molecule has 0 spiro atoms. The Labute approximate surface area is 89.6 Å². The van der Waals surface area contributed by atoms with Gasteiger partial charge in [0.15, 0.2) is 0 Å². The SMILES string of the molecule is Cc1cc(NCC2(N)CCOC2)n(C)n1. The second-order valence-corrected chi connectivity index (χ2v) is 4.31. The Morgan fingerprint density at radius 2 is 2.53 bits per heavy atom. The highest BCUT2D eigenvalue weighted by atomic mass is 16.5. The van der Waals surface area contributed by atoms with Crippen LogP contribution in [0.15, 0.2) is 6.07 Å². The van der Waals surface area contributed by atoms with Crippen LogP contribution >= 0.6 is 0 Å². The van der Waals surface area contributed by atoms with Gasteiger partial charge in [-0.05, 0) is 13.3 Å². The van der Waals surface area contributed by atoms with E-state index in [-0.39, 0.29) is 5.54 Å². The average Bonchev–Trinajstić information content (AvgIpc) is 2.71. The van der Waals surface area contributed by atoms with E-state index in [0.717, 1.165) is 31.1 Å². The van der Waals surface area contributed by atoms with Crippen molar-refractivity contribution in [3.05, 3.63) is 11.8 Å². The number of hydrogen-bond acceptors (Lipinski definition) is 4. The van der Waals surface area contributed by atoms with E-state index < -0.39 is 0 Å². The van der Waals surface area contributed by atoms with Gasteiger partial charge in [0, 0.05) is 26.3 Å². The first-order valence-electron chi connectivity index (χ1n) is 5.20. The maximum atomic E-state index is 6.15. The van der Waals surface area contributed by atoms with E-state index in [9.17, 15) is 0 Å². The molecule has 0 bridgehead atoms. The zero-order valence-electron chi connectivity index (χ0n) is 9.29. The lowest BCUT2D eigenvalue weighted by Crippen LogP contribution is -2.47. The smallest absolute Gasteiger partial charge is 0.124 e. The summed E-state index contributed by atoms with van der Waals surface area (Å²) in [5.74, 6) is 1.00. The monoisotopic (exact) mass is 210 g/mol. The molecule has 1 aromatic heterocycles. The molecule has 1 aliphatic rings. The molecule has 0 saturated carbocycles. The summed E-state index contributed by atoms with van der Waals surface area (Å²) in [5.41, 5.74) is 6.93. The molecule has 84 valence electrons. The number of nitrogens with one attached hydrogen (secondary N) is 1. The molecule has 5 heteroatoms. The molecule has 1 aliphatic heterocycles. The lowest BCUT2D eigenvalue weighted by atomic mass is 10.0. The van der Waals surface area contributed by atoms with Crippen LogP contribution < -0.4 is 11.1 Å². The maximum absolute atomic E-state index is 6.15. The summed E-state index contributed by atoms with van der Waals surface area (Å²) in [6.07, 6.45) is 0.914. The Hall–Kier alpha value is -1.07. The van der Waals surface area contributed by atoms with Gasteiger partial charge in [0.1, 0.15) is 5.82 Å². The third-order valence-electron chi connectivity index (χ3n) is 2.76. The van der Waals surface area contributed by atoms with Gasteiger partial charge in [0.05, 0.1) is 17.8 Å². The zero-order chi connectivity index (χ0) is 10.9. The number of nitrogens with two attached hydrogens (primary N) is 1. The molecule has 2 heterocycles. The third kappa shape index (κ3) is 2.30. The molecule has 3 N–H and O–H groups in total. The normalized spacial score (nSPS) is 25.8. The van der Waals surface area contributed by atoms with Crippen LogP contribution in [0.2, 0.25) is 0 Å². The Kier molecular flexibility index (Phi) is 2.67. The van der Waals surface area contributed by atoms with Crippen molar-refractivity contribution in [2.24, 2.45) is 12.8 Å². The Bertz CT molecular complexity index is 341. The predicted octanol–water partition coefficient (Wildman–Crippen LogP) is 0.258. The second-order valence-electron chi connectivity index (χ2n) is 4.31. The fourth-order valence-electron chi connectivity index (χ4n) is 1.81. The van der Waals surface area contributed by atoms with Crippen LogP contribution in [0.5, 0.6) is 0 Å². The van der Waals surface area contributed by atoms with E-state index in [2.05, 4.69) is 10.4 Å². The Morgan fingerprint density at radius 3 is 3.07 bits per heavy atom. The van der Waals surface area contributed by atoms with Crippen molar-refractivity contribution < 1.29 is 4.74 Å². The van der Waals surface area contributed by atoms with E-state index in [0.29, 0.717) is 6.61 Å². The number of hydrogen-bond donors (Lipinski definition) is 2. The van der Waals surface area contributed by atoms with Crippen LogP contribution in [0.25, 0.3) is 0 Å². The molecule has 5 nitrogen and oxygen atoms in total. The van der Waals surface area contributed by atoms with Gasteiger partial charge in [-0.3, -0.25) is 4.68 Å². The first-order chi connectivity index (χ1) is 7.09. The molecule has 1 saturated heterocycles. The highest BCUT2D eigenvalue weighted by molar-refractivity contribution is 5.37.